The number of rotatable bonds is 11. The van der Waals surface area contributed by atoms with E-state index in [0.29, 0.717) is 35.3 Å². The molecule has 32 heavy (non-hydrogen) atoms. The Morgan fingerprint density at radius 2 is 2.06 bits per heavy atom. The molecule has 2 aromatic heterocycles. The number of nitrogens with one attached hydrogen (secondary N) is 2. The molecule has 0 saturated heterocycles. The molecule has 2 heterocycles. The van der Waals surface area contributed by atoms with Gasteiger partial charge in [0.25, 0.3) is 0 Å². The largest absolute Gasteiger partial charge is 0.367 e. The lowest BCUT2D eigenvalue weighted by Crippen LogP contribution is -2.20. The fraction of sp³-hybridized carbons (Fsp3) is 0.348. The SMILES string of the molecule is NSOCC1CCC(Nc2ncncc2C(=O)c2cc(CNCc3ccccc3)cs2)C1. The Bertz CT molecular complexity index is 1010. The minimum Gasteiger partial charge on any atom is -0.367 e. The van der Waals surface area contributed by atoms with Gasteiger partial charge in [0.15, 0.2) is 0 Å². The standard InChI is InChI=1S/C23H27N5O2S2/c24-32-30-13-17-6-7-19(8-17)28-23-20(12-26-15-27-23)22(29)21-9-18(14-31-21)11-25-10-16-4-2-1-3-5-16/h1-5,9,12,14-15,17,19,25H,6-8,10-11,13,24H2,(H,26,27,28). The summed E-state index contributed by atoms with van der Waals surface area (Å²) in [5, 5.41) is 14.3. The number of nitrogens with zero attached hydrogens (tertiary/aromatic N) is 2. The predicted molar refractivity (Wildman–Crippen MR) is 129 cm³/mol. The van der Waals surface area contributed by atoms with Crippen LogP contribution in [-0.2, 0) is 17.3 Å². The van der Waals surface area contributed by atoms with Gasteiger partial charge in [-0.1, -0.05) is 30.3 Å². The number of benzene rings is 1. The van der Waals surface area contributed by atoms with Crippen molar-refractivity contribution < 1.29 is 8.98 Å². The van der Waals surface area contributed by atoms with Crippen molar-refractivity contribution in [1.29, 1.82) is 0 Å². The number of carbonyl (C=O) groups is 1. The number of hydrogen-bond donors (Lipinski definition) is 3. The van der Waals surface area contributed by atoms with Gasteiger partial charge in [0.1, 0.15) is 12.1 Å². The lowest BCUT2D eigenvalue weighted by molar-refractivity contribution is 0.104. The van der Waals surface area contributed by atoms with E-state index in [9.17, 15) is 4.79 Å². The van der Waals surface area contributed by atoms with Crippen molar-refractivity contribution in [2.24, 2.45) is 11.1 Å². The van der Waals surface area contributed by atoms with Gasteiger partial charge in [-0.25, -0.2) is 9.97 Å². The van der Waals surface area contributed by atoms with Crippen LogP contribution >= 0.6 is 23.6 Å². The highest BCUT2D eigenvalue weighted by molar-refractivity contribution is 7.92. The topological polar surface area (TPSA) is 102 Å². The number of anilines is 1. The molecule has 9 heteroatoms. The van der Waals surface area contributed by atoms with E-state index in [0.717, 1.165) is 43.6 Å². The van der Waals surface area contributed by atoms with Crippen LogP contribution in [0.2, 0.25) is 0 Å². The van der Waals surface area contributed by atoms with E-state index in [-0.39, 0.29) is 11.8 Å². The van der Waals surface area contributed by atoms with Crippen molar-refractivity contribution in [2.75, 3.05) is 11.9 Å². The molecule has 0 bridgehead atoms. The molecule has 0 amide bonds. The molecular formula is C23H27N5O2S2. The van der Waals surface area contributed by atoms with E-state index in [1.807, 2.05) is 29.6 Å². The number of aromatic nitrogens is 2. The summed E-state index contributed by atoms with van der Waals surface area (Å²) in [6.45, 7) is 2.14. The van der Waals surface area contributed by atoms with Crippen molar-refractivity contribution in [3.05, 3.63) is 75.9 Å². The van der Waals surface area contributed by atoms with Crippen LogP contribution in [0.3, 0.4) is 0 Å². The molecule has 1 saturated carbocycles. The van der Waals surface area contributed by atoms with Crippen molar-refractivity contribution in [1.82, 2.24) is 15.3 Å². The third-order valence-electron chi connectivity index (χ3n) is 5.59. The molecule has 4 rings (SSSR count). The highest BCUT2D eigenvalue weighted by atomic mass is 32.2. The monoisotopic (exact) mass is 469 g/mol. The van der Waals surface area contributed by atoms with Gasteiger partial charge < -0.3 is 14.8 Å². The maximum atomic E-state index is 13.2. The second kappa shape index (κ2) is 11.5. The second-order valence-corrected chi connectivity index (χ2v) is 9.26. The van der Waals surface area contributed by atoms with E-state index in [2.05, 4.69) is 32.7 Å². The van der Waals surface area contributed by atoms with Gasteiger partial charge in [0, 0.05) is 25.3 Å². The maximum Gasteiger partial charge on any atom is 0.208 e. The third kappa shape index (κ3) is 6.14. The van der Waals surface area contributed by atoms with E-state index in [1.165, 1.54) is 23.2 Å². The number of hydrogen-bond acceptors (Lipinski definition) is 9. The van der Waals surface area contributed by atoms with Crippen LogP contribution in [-0.4, -0.2) is 28.4 Å². The van der Waals surface area contributed by atoms with Gasteiger partial charge >= 0.3 is 0 Å². The zero-order chi connectivity index (χ0) is 22.2. The Kier molecular flexibility index (Phi) is 8.24. The van der Waals surface area contributed by atoms with Crippen LogP contribution in [0.1, 0.15) is 45.6 Å². The van der Waals surface area contributed by atoms with Crippen LogP contribution in [0, 0.1) is 5.92 Å². The number of nitrogens with two attached hydrogens (primary N) is 1. The minimum atomic E-state index is -0.0511. The Labute approximate surface area is 196 Å². The third-order valence-corrected chi connectivity index (χ3v) is 6.84. The van der Waals surface area contributed by atoms with Crippen LogP contribution < -0.4 is 15.8 Å². The summed E-state index contributed by atoms with van der Waals surface area (Å²) in [6.07, 6.45) is 6.13. The average molecular weight is 470 g/mol. The Morgan fingerprint density at radius 1 is 1.22 bits per heavy atom. The molecule has 1 aliphatic carbocycles. The molecule has 7 nitrogen and oxygen atoms in total. The molecule has 0 radical (unpaired) electrons. The zero-order valence-corrected chi connectivity index (χ0v) is 19.3. The molecule has 168 valence electrons. The smallest absolute Gasteiger partial charge is 0.208 e. The van der Waals surface area contributed by atoms with Crippen LogP contribution in [0.4, 0.5) is 5.82 Å². The van der Waals surface area contributed by atoms with Crippen molar-refractivity contribution in [2.45, 2.75) is 38.4 Å². The van der Waals surface area contributed by atoms with E-state index in [1.54, 1.807) is 6.20 Å². The lowest BCUT2D eigenvalue weighted by atomic mass is 10.1. The highest BCUT2D eigenvalue weighted by Crippen LogP contribution is 2.30. The fourth-order valence-corrected chi connectivity index (χ4v) is 5.10. The Morgan fingerprint density at radius 3 is 2.91 bits per heavy atom. The van der Waals surface area contributed by atoms with E-state index >= 15 is 0 Å². The molecule has 4 N–H and O–H groups in total. The second-order valence-electron chi connectivity index (χ2n) is 7.92. The summed E-state index contributed by atoms with van der Waals surface area (Å²) >= 11 is 2.37. The summed E-state index contributed by atoms with van der Waals surface area (Å²) in [4.78, 5) is 22.3. The van der Waals surface area contributed by atoms with Crippen LogP contribution in [0.25, 0.3) is 0 Å². The van der Waals surface area contributed by atoms with Crippen molar-refractivity contribution in [3.8, 4) is 0 Å². The molecule has 3 aromatic rings. The Balaban J connectivity index is 1.35. The van der Waals surface area contributed by atoms with Crippen molar-refractivity contribution >= 4 is 35.2 Å². The first-order chi connectivity index (χ1) is 15.7. The fourth-order valence-electron chi connectivity index (χ4n) is 3.96. The molecule has 1 aliphatic rings. The summed E-state index contributed by atoms with van der Waals surface area (Å²) < 4.78 is 5.27. The normalized spacial score (nSPS) is 18.0. The number of carbonyl (C=O) groups excluding carboxylic acids is 1. The number of ketones is 1. The molecule has 2 atom stereocenters. The summed E-state index contributed by atoms with van der Waals surface area (Å²) in [7, 11) is 0. The molecule has 1 aromatic carbocycles. The average Bonchev–Trinajstić information content (AvgIpc) is 3.48. The first-order valence-corrected chi connectivity index (χ1v) is 12.3. The first kappa shape index (κ1) is 22.9. The molecule has 2 unspecified atom stereocenters. The predicted octanol–water partition coefficient (Wildman–Crippen LogP) is 4.18. The minimum absolute atomic E-state index is 0.0511. The van der Waals surface area contributed by atoms with Gasteiger partial charge in [-0.2, -0.15) is 0 Å². The lowest BCUT2D eigenvalue weighted by Gasteiger charge is -2.15. The molecule has 1 fully saturated rings. The van der Waals surface area contributed by atoms with Gasteiger partial charge in [0.05, 0.1) is 29.3 Å². The van der Waals surface area contributed by atoms with Gasteiger partial charge in [-0.05, 0) is 47.8 Å². The van der Waals surface area contributed by atoms with Gasteiger partial charge in [-0.3, -0.25) is 9.93 Å². The highest BCUT2D eigenvalue weighted by Gasteiger charge is 2.27. The molecule has 0 aliphatic heterocycles. The summed E-state index contributed by atoms with van der Waals surface area (Å²) in [5.74, 6) is 1.01. The van der Waals surface area contributed by atoms with Crippen LogP contribution in [0.15, 0.2) is 54.3 Å². The molecule has 0 spiro atoms. The van der Waals surface area contributed by atoms with Gasteiger partial charge in [0.2, 0.25) is 5.78 Å². The maximum absolute atomic E-state index is 13.2. The van der Waals surface area contributed by atoms with Gasteiger partial charge in [-0.15, -0.1) is 11.3 Å². The quantitative estimate of drug-likeness (QED) is 0.218. The number of thiophene rings is 1. The zero-order valence-electron chi connectivity index (χ0n) is 17.7. The Hall–Kier alpha value is -2.30. The van der Waals surface area contributed by atoms with Crippen LogP contribution in [0.5, 0.6) is 0 Å². The van der Waals surface area contributed by atoms with Crippen molar-refractivity contribution in [3.63, 3.8) is 0 Å². The summed E-state index contributed by atoms with van der Waals surface area (Å²) in [6, 6.07) is 12.5. The summed E-state index contributed by atoms with van der Waals surface area (Å²) in [5.41, 5.74) is 2.84. The van der Waals surface area contributed by atoms with E-state index < -0.39 is 0 Å². The molecular weight excluding hydrogens is 442 g/mol. The van der Waals surface area contributed by atoms with E-state index in [4.69, 9.17) is 9.32 Å². The first-order valence-electron chi connectivity index (χ1n) is 10.6.